The number of aryl methyl sites for hydroxylation is 1. The summed E-state index contributed by atoms with van der Waals surface area (Å²) in [6.45, 7) is 7.32. The molecule has 2 aliphatic heterocycles. The fourth-order valence-electron chi connectivity index (χ4n) is 6.25. The van der Waals surface area contributed by atoms with Gasteiger partial charge in [-0.25, -0.2) is 9.78 Å². The Kier molecular flexibility index (Phi) is 9.45. The summed E-state index contributed by atoms with van der Waals surface area (Å²) in [7, 11) is 0. The Morgan fingerprint density at radius 3 is 2.25 bits per heavy atom. The molecule has 250 valence electrons. The lowest BCUT2D eigenvalue weighted by Crippen LogP contribution is -2.46. The van der Waals surface area contributed by atoms with Crippen LogP contribution in [0.4, 0.5) is 11.4 Å². The predicted molar refractivity (Wildman–Crippen MR) is 186 cm³/mol. The van der Waals surface area contributed by atoms with Gasteiger partial charge in [0.15, 0.2) is 0 Å². The number of aromatic nitrogens is 5. The number of anilines is 2. The van der Waals surface area contributed by atoms with Crippen LogP contribution in [0.25, 0.3) is 5.69 Å². The zero-order chi connectivity index (χ0) is 33.1. The Balaban J connectivity index is 0.925. The van der Waals surface area contributed by atoms with Crippen LogP contribution in [-0.4, -0.2) is 69.4 Å². The van der Waals surface area contributed by atoms with Gasteiger partial charge in [-0.15, -0.1) is 0 Å². The van der Waals surface area contributed by atoms with Crippen molar-refractivity contribution in [2.24, 2.45) is 0 Å². The first-order valence-corrected chi connectivity index (χ1v) is 16.9. The maximum atomic E-state index is 12.6. The quantitative estimate of drug-likeness (QED) is 0.177. The van der Waals surface area contributed by atoms with E-state index in [4.69, 9.17) is 37.4 Å². The van der Waals surface area contributed by atoms with Crippen LogP contribution in [0.3, 0.4) is 0 Å². The van der Waals surface area contributed by atoms with E-state index in [2.05, 4.69) is 44.1 Å². The van der Waals surface area contributed by atoms with E-state index in [1.165, 1.54) is 4.68 Å². The van der Waals surface area contributed by atoms with Crippen molar-refractivity contribution in [1.82, 2.24) is 23.9 Å². The SMILES string of the molecule is CCCn1cnn(-c2ccc(N3CCN(c4ccc(OCC5COC(Cn6ccnc6)(c6ccc(Cl)cc6Cl)O5)cc4)CC3)cc2)c1=O. The molecule has 2 atom stereocenters. The molecule has 2 aliphatic rings. The van der Waals surface area contributed by atoms with Gasteiger partial charge in [0.05, 0.1) is 30.2 Å². The number of ether oxygens (including phenoxy) is 3. The summed E-state index contributed by atoms with van der Waals surface area (Å²) in [5.74, 6) is -0.335. The first-order valence-electron chi connectivity index (χ1n) is 16.1. The minimum Gasteiger partial charge on any atom is -0.491 e. The molecule has 0 aliphatic carbocycles. The average Bonchev–Trinajstić information content (AvgIpc) is 3.86. The second-order valence-corrected chi connectivity index (χ2v) is 12.8. The third-order valence-electron chi connectivity index (χ3n) is 8.73. The topological polar surface area (TPSA) is 91.8 Å². The molecule has 48 heavy (non-hydrogen) atoms. The minimum absolute atomic E-state index is 0.112. The van der Waals surface area contributed by atoms with E-state index >= 15 is 0 Å². The number of benzene rings is 3. The highest BCUT2D eigenvalue weighted by Crippen LogP contribution is 2.40. The number of halogens is 2. The highest BCUT2D eigenvalue weighted by molar-refractivity contribution is 6.35. The molecule has 0 saturated carbocycles. The van der Waals surface area contributed by atoms with E-state index in [1.807, 2.05) is 48.0 Å². The predicted octanol–water partition coefficient (Wildman–Crippen LogP) is 5.62. The molecule has 2 unspecified atom stereocenters. The zero-order valence-corrected chi connectivity index (χ0v) is 28.1. The van der Waals surface area contributed by atoms with Crippen molar-refractivity contribution < 1.29 is 14.2 Å². The Hall–Kier alpha value is -4.29. The summed E-state index contributed by atoms with van der Waals surface area (Å²) >= 11 is 12.8. The molecule has 0 bridgehead atoms. The standard InChI is InChI=1S/C35H37Cl2N7O4/c1-2-14-43-25-39-44(34(43)45)29-6-4-27(5-7-29)41-16-18-42(19-17-41)28-8-10-30(11-9-28)46-21-31-22-47-35(48-31,23-40-15-13-38-24-40)32-12-3-26(36)20-33(32)37/h3-13,15,20,24-25,31H,2,14,16-19,21-23H2,1H3. The first-order chi connectivity index (χ1) is 23.4. The van der Waals surface area contributed by atoms with E-state index in [1.54, 1.807) is 35.6 Å². The summed E-state index contributed by atoms with van der Waals surface area (Å²) in [5.41, 5.74) is 3.65. The number of imidazole rings is 1. The monoisotopic (exact) mass is 689 g/mol. The highest BCUT2D eigenvalue weighted by atomic mass is 35.5. The van der Waals surface area contributed by atoms with Crippen LogP contribution >= 0.6 is 23.2 Å². The average molecular weight is 691 g/mol. The number of nitrogens with zero attached hydrogens (tertiary/aromatic N) is 7. The molecule has 4 heterocycles. The van der Waals surface area contributed by atoms with Gasteiger partial charge in [-0.2, -0.15) is 9.78 Å². The van der Waals surface area contributed by atoms with Crippen molar-refractivity contribution in [3.8, 4) is 11.4 Å². The number of hydrogen-bond donors (Lipinski definition) is 0. The fourth-order valence-corrected chi connectivity index (χ4v) is 6.80. The summed E-state index contributed by atoms with van der Waals surface area (Å²) in [6.07, 6.45) is 7.48. The van der Waals surface area contributed by atoms with Gasteiger partial charge in [0, 0.05) is 67.1 Å². The largest absolute Gasteiger partial charge is 0.491 e. The molecule has 2 saturated heterocycles. The van der Waals surface area contributed by atoms with Crippen LogP contribution in [-0.2, 0) is 28.4 Å². The highest BCUT2D eigenvalue weighted by Gasteiger charge is 2.45. The maximum absolute atomic E-state index is 12.6. The maximum Gasteiger partial charge on any atom is 0.350 e. The lowest BCUT2D eigenvalue weighted by molar-refractivity contribution is -0.189. The van der Waals surface area contributed by atoms with Crippen LogP contribution in [0.1, 0.15) is 18.9 Å². The van der Waals surface area contributed by atoms with Gasteiger partial charge < -0.3 is 28.6 Å². The Morgan fingerprint density at radius 1 is 0.917 bits per heavy atom. The van der Waals surface area contributed by atoms with Crippen molar-refractivity contribution in [2.45, 2.75) is 38.3 Å². The molecule has 7 rings (SSSR count). The molecule has 5 aromatic rings. The van der Waals surface area contributed by atoms with Crippen LogP contribution in [0.5, 0.6) is 5.75 Å². The van der Waals surface area contributed by atoms with Gasteiger partial charge in [-0.05, 0) is 67.1 Å². The second kappa shape index (κ2) is 14.1. The molecule has 2 aromatic heterocycles. The molecule has 0 spiro atoms. The lowest BCUT2D eigenvalue weighted by Gasteiger charge is -2.37. The van der Waals surface area contributed by atoms with E-state index in [9.17, 15) is 4.79 Å². The molecule has 13 heteroatoms. The van der Waals surface area contributed by atoms with Gasteiger partial charge in [0.1, 0.15) is 24.8 Å². The molecular formula is C35H37Cl2N7O4. The Morgan fingerprint density at radius 2 is 1.60 bits per heavy atom. The van der Waals surface area contributed by atoms with Gasteiger partial charge in [0.2, 0.25) is 5.79 Å². The van der Waals surface area contributed by atoms with Gasteiger partial charge in [-0.3, -0.25) is 4.57 Å². The van der Waals surface area contributed by atoms with E-state index in [-0.39, 0.29) is 11.8 Å². The van der Waals surface area contributed by atoms with Crippen molar-refractivity contribution in [1.29, 1.82) is 0 Å². The molecule has 0 amide bonds. The Labute approximate surface area is 288 Å². The van der Waals surface area contributed by atoms with Gasteiger partial charge in [0.25, 0.3) is 0 Å². The first kappa shape index (κ1) is 32.3. The summed E-state index contributed by atoms with van der Waals surface area (Å²) in [5, 5.41) is 5.30. The third-order valence-corrected chi connectivity index (χ3v) is 9.27. The number of piperazine rings is 1. The number of rotatable bonds is 11. The minimum atomic E-state index is -1.10. The van der Waals surface area contributed by atoms with Crippen molar-refractivity contribution in [3.63, 3.8) is 0 Å². The molecule has 11 nitrogen and oxygen atoms in total. The van der Waals surface area contributed by atoms with Gasteiger partial charge >= 0.3 is 5.69 Å². The van der Waals surface area contributed by atoms with Crippen LogP contribution in [0.2, 0.25) is 10.0 Å². The third kappa shape index (κ3) is 6.82. The number of hydrogen-bond acceptors (Lipinski definition) is 8. The normalized spacial score (nSPS) is 19.6. The molecule has 0 N–H and O–H groups in total. The zero-order valence-electron chi connectivity index (χ0n) is 26.6. The molecular weight excluding hydrogens is 653 g/mol. The smallest absolute Gasteiger partial charge is 0.350 e. The molecule has 0 radical (unpaired) electrons. The van der Waals surface area contributed by atoms with Gasteiger partial charge in [-0.1, -0.05) is 36.2 Å². The van der Waals surface area contributed by atoms with E-state index in [0.717, 1.165) is 55.4 Å². The van der Waals surface area contributed by atoms with Crippen molar-refractivity contribution in [3.05, 3.63) is 118 Å². The second-order valence-electron chi connectivity index (χ2n) is 12.0. The lowest BCUT2D eigenvalue weighted by atomic mass is 10.1. The van der Waals surface area contributed by atoms with Crippen LogP contribution in [0.15, 0.2) is 96.6 Å². The fraction of sp³-hybridized carbons (Fsp3) is 0.343. The van der Waals surface area contributed by atoms with E-state index in [0.29, 0.717) is 41.9 Å². The Bertz CT molecular complexity index is 1870. The van der Waals surface area contributed by atoms with Crippen molar-refractivity contribution >= 4 is 34.6 Å². The molecule has 2 fully saturated rings. The van der Waals surface area contributed by atoms with E-state index < -0.39 is 5.79 Å². The van der Waals surface area contributed by atoms with Crippen LogP contribution in [0, 0.1) is 0 Å². The summed E-state index contributed by atoms with van der Waals surface area (Å²) in [4.78, 5) is 21.5. The summed E-state index contributed by atoms with van der Waals surface area (Å²) < 4.78 is 23.9. The summed E-state index contributed by atoms with van der Waals surface area (Å²) in [6, 6.07) is 21.5. The molecule has 3 aromatic carbocycles. The van der Waals surface area contributed by atoms with Crippen molar-refractivity contribution in [2.75, 3.05) is 49.2 Å². The van der Waals surface area contributed by atoms with Crippen LogP contribution < -0.4 is 20.2 Å².